The standard InChI is InChI=1S/C35H38F2N8O4/c1-4-45-14-13-30(43-45)26-16-24(15-25(17-26)27-20-38-44(3)21-27)22(2)39-34(49)29-8-6-5-7-23(29)9-10-32(47)41-42-33(48)12-11-31(46)40-28-18-35(36,37)19-28/h5-8,11-17,20-22,28H,4,9-10,18-19H2,1-3H3,(H,39,49)(H,40,46)(H,41,47)(H,42,48)/b12-11+/t22-/m1/s1. The third kappa shape index (κ3) is 9.24. The molecule has 1 aliphatic carbocycles. The lowest BCUT2D eigenvalue weighted by atomic mass is 9.88. The van der Waals surface area contributed by atoms with Crippen molar-refractivity contribution < 1.29 is 28.0 Å². The van der Waals surface area contributed by atoms with Crippen LogP contribution in [0.3, 0.4) is 0 Å². The molecule has 14 heteroatoms. The fourth-order valence-corrected chi connectivity index (χ4v) is 5.44. The van der Waals surface area contributed by atoms with Gasteiger partial charge in [0.05, 0.1) is 17.9 Å². The summed E-state index contributed by atoms with van der Waals surface area (Å²) in [5, 5.41) is 14.4. The first-order chi connectivity index (χ1) is 23.4. The smallest absolute Gasteiger partial charge is 0.262 e. The van der Waals surface area contributed by atoms with E-state index in [-0.39, 0.29) is 24.8 Å². The first-order valence-corrected chi connectivity index (χ1v) is 15.9. The Balaban J connectivity index is 1.18. The van der Waals surface area contributed by atoms with Crippen molar-refractivity contribution in [2.45, 2.75) is 64.1 Å². The molecule has 0 spiro atoms. The molecule has 0 bridgehead atoms. The molecule has 12 nitrogen and oxygen atoms in total. The van der Waals surface area contributed by atoms with Crippen molar-refractivity contribution in [1.29, 1.82) is 0 Å². The van der Waals surface area contributed by atoms with Crippen LogP contribution in [0.1, 0.15) is 60.6 Å². The SMILES string of the molecule is CCn1ccc(-c2cc(-c3cnn(C)c3)cc([C@@H](C)NC(=O)c3ccccc3CCC(=O)NNC(=O)/C=C/C(=O)NC3CC(F)(F)C3)c2)n1. The minimum absolute atomic E-state index is 0.0405. The number of aromatic nitrogens is 4. The minimum atomic E-state index is -2.77. The number of amides is 4. The largest absolute Gasteiger partial charge is 0.349 e. The van der Waals surface area contributed by atoms with Gasteiger partial charge in [0.1, 0.15) is 0 Å². The van der Waals surface area contributed by atoms with E-state index in [9.17, 15) is 28.0 Å². The number of carbonyl (C=O) groups excluding carboxylic acids is 4. The van der Waals surface area contributed by atoms with Crippen molar-refractivity contribution in [3.63, 3.8) is 0 Å². The zero-order valence-electron chi connectivity index (χ0n) is 27.4. The van der Waals surface area contributed by atoms with Crippen molar-refractivity contribution in [1.82, 2.24) is 41.0 Å². The Labute approximate surface area is 281 Å². The van der Waals surface area contributed by atoms with Crippen LogP contribution in [0.5, 0.6) is 0 Å². The van der Waals surface area contributed by atoms with Gasteiger partial charge in [-0.15, -0.1) is 0 Å². The molecular weight excluding hydrogens is 634 g/mol. The van der Waals surface area contributed by atoms with E-state index < -0.39 is 42.5 Å². The Hall–Kier alpha value is -5.66. The molecule has 1 saturated carbocycles. The molecule has 2 heterocycles. The first-order valence-electron chi connectivity index (χ1n) is 15.9. The highest BCUT2D eigenvalue weighted by Gasteiger charge is 2.45. The number of benzene rings is 2. The summed E-state index contributed by atoms with van der Waals surface area (Å²) < 4.78 is 29.4. The maximum Gasteiger partial charge on any atom is 0.262 e. The van der Waals surface area contributed by atoms with Gasteiger partial charge in [-0.1, -0.05) is 18.2 Å². The molecule has 1 atom stereocenters. The molecule has 0 aliphatic heterocycles. The molecule has 49 heavy (non-hydrogen) atoms. The summed E-state index contributed by atoms with van der Waals surface area (Å²) >= 11 is 0. The fraction of sp³-hybridized carbons (Fsp3) is 0.314. The van der Waals surface area contributed by atoms with Crippen LogP contribution in [-0.4, -0.2) is 55.2 Å². The molecule has 5 rings (SSSR count). The van der Waals surface area contributed by atoms with E-state index >= 15 is 0 Å². The van der Waals surface area contributed by atoms with Crippen LogP contribution >= 0.6 is 0 Å². The third-order valence-corrected chi connectivity index (χ3v) is 8.13. The number of hydrazine groups is 1. The lowest BCUT2D eigenvalue weighted by Crippen LogP contribution is -2.50. The zero-order valence-corrected chi connectivity index (χ0v) is 27.4. The van der Waals surface area contributed by atoms with Gasteiger partial charge in [0.25, 0.3) is 17.7 Å². The summed E-state index contributed by atoms with van der Waals surface area (Å²) in [6.07, 6.45) is 6.73. The van der Waals surface area contributed by atoms with Crippen molar-refractivity contribution >= 4 is 23.6 Å². The molecule has 2 aromatic heterocycles. The normalized spacial score (nSPS) is 14.6. The quantitative estimate of drug-likeness (QED) is 0.132. The second-order valence-electron chi connectivity index (χ2n) is 12.0. The van der Waals surface area contributed by atoms with Gasteiger partial charge < -0.3 is 10.6 Å². The number of carbonyl (C=O) groups is 4. The average Bonchev–Trinajstić information content (AvgIpc) is 3.74. The molecule has 4 N–H and O–H groups in total. The number of nitrogens with zero attached hydrogens (tertiary/aromatic N) is 4. The monoisotopic (exact) mass is 672 g/mol. The van der Waals surface area contributed by atoms with Crippen LogP contribution in [0.2, 0.25) is 0 Å². The molecular formula is C35H38F2N8O4. The maximum absolute atomic E-state index is 13.5. The Morgan fingerprint density at radius 2 is 1.73 bits per heavy atom. The van der Waals surface area contributed by atoms with Gasteiger partial charge >= 0.3 is 0 Å². The molecule has 4 amide bonds. The average molecular weight is 673 g/mol. The summed E-state index contributed by atoms with van der Waals surface area (Å²) in [6, 6.07) is 14.0. The minimum Gasteiger partial charge on any atom is -0.349 e. The Bertz CT molecular complexity index is 1870. The molecule has 4 aromatic rings. The van der Waals surface area contributed by atoms with Crippen LogP contribution in [0, 0.1) is 0 Å². The number of halogens is 2. The molecule has 1 aliphatic rings. The highest BCUT2D eigenvalue weighted by atomic mass is 19.3. The van der Waals surface area contributed by atoms with E-state index in [0.717, 1.165) is 46.6 Å². The van der Waals surface area contributed by atoms with Crippen LogP contribution in [0.15, 0.2) is 79.3 Å². The van der Waals surface area contributed by atoms with Gasteiger partial charge in [0.2, 0.25) is 11.8 Å². The van der Waals surface area contributed by atoms with Crippen molar-refractivity contribution in [3.8, 4) is 22.4 Å². The number of hydrogen-bond donors (Lipinski definition) is 4. The molecule has 0 saturated heterocycles. The summed E-state index contributed by atoms with van der Waals surface area (Å²) in [5.41, 5.74) is 9.95. The second kappa shape index (κ2) is 15.0. The Kier molecular flexibility index (Phi) is 10.6. The van der Waals surface area contributed by atoms with E-state index in [4.69, 9.17) is 0 Å². The van der Waals surface area contributed by atoms with Crippen LogP contribution in [-0.2, 0) is 34.4 Å². The van der Waals surface area contributed by atoms with E-state index in [1.165, 1.54) is 0 Å². The van der Waals surface area contributed by atoms with Gasteiger partial charge in [-0.2, -0.15) is 10.2 Å². The van der Waals surface area contributed by atoms with Gasteiger partial charge in [0.15, 0.2) is 0 Å². The highest BCUT2D eigenvalue weighted by Crippen LogP contribution is 2.37. The van der Waals surface area contributed by atoms with Crippen LogP contribution < -0.4 is 21.5 Å². The van der Waals surface area contributed by atoms with Crippen molar-refractivity contribution in [3.05, 3.63) is 96.0 Å². The number of rotatable bonds is 12. The number of aryl methyl sites for hydroxylation is 3. The number of alkyl halides is 2. The first kappa shape index (κ1) is 34.7. The number of nitrogens with one attached hydrogen (secondary N) is 4. The van der Waals surface area contributed by atoms with Crippen LogP contribution in [0.25, 0.3) is 22.4 Å². The van der Waals surface area contributed by atoms with E-state index in [1.54, 1.807) is 35.1 Å². The number of hydrogen-bond acceptors (Lipinski definition) is 6. The molecule has 0 radical (unpaired) electrons. The van der Waals surface area contributed by atoms with E-state index in [2.05, 4.69) is 37.7 Å². The fourth-order valence-electron chi connectivity index (χ4n) is 5.44. The molecule has 256 valence electrons. The predicted molar refractivity (Wildman–Crippen MR) is 178 cm³/mol. The molecule has 1 fully saturated rings. The maximum atomic E-state index is 13.5. The summed E-state index contributed by atoms with van der Waals surface area (Å²) in [6.45, 7) is 4.66. The lowest BCUT2D eigenvalue weighted by molar-refractivity contribution is -0.127. The zero-order chi connectivity index (χ0) is 35.1. The molecule has 2 aromatic carbocycles. The van der Waals surface area contributed by atoms with E-state index in [1.807, 2.05) is 56.2 Å². The second-order valence-corrected chi connectivity index (χ2v) is 12.0. The lowest BCUT2D eigenvalue weighted by Gasteiger charge is -2.34. The van der Waals surface area contributed by atoms with Crippen molar-refractivity contribution in [2.75, 3.05) is 0 Å². The summed E-state index contributed by atoms with van der Waals surface area (Å²) in [5.74, 6) is -5.06. The Morgan fingerprint density at radius 3 is 2.43 bits per heavy atom. The molecule has 0 unspecified atom stereocenters. The summed E-state index contributed by atoms with van der Waals surface area (Å²) in [4.78, 5) is 49.8. The van der Waals surface area contributed by atoms with Gasteiger partial charge in [-0.25, -0.2) is 8.78 Å². The van der Waals surface area contributed by atoms with Crippen molar-refractivity contribution in [2.24, 2.45) is 7.05 Å². The summed E-state index contributed by atoms with van der Waals surface area (Å²) in [7, 11) is 1.85. The third-order valence-electron chi connectivity index (χ3n) is 8.13. The van der Waals surface area contributed by atoms with Gasteiger partial charge in [-0.05, 0) is 67.3 Å². The van der Waals surface area contributed by atoms with Gasteiger partial charge in [0, 0.05) is 80.1 Å². The van der Waals surface area contributed by atoms with Gasteiger partial charge in [-0.3, -0.25) is 39.4 Å². The highest BCUT2D eigenvalue weighted by molar-refractivity contribution is 5.98. The van der Waals surface area contributed by atoms with Crippen LogP contribution in [0.4, 0.5) is 8.78 Å². The van der Waals surface area contributed by atoms with E-state index in [0.29, 0.717) is 11.1 Å². The topological polar surface area (TPSA) is 152 Å². The predicted octanol–water partition coefficient (Wildman–Crippen LogP) is 4.01. The Morgan fingerprint density at radius 1 is 1.00 bits per heavy atom.